The molecule has 11 heteroatoms. The number of rotatable bonds is 6. The van der Waals surface area contributed by atoms with Gasteiger partial charge in [-0.3, -0.25) is 14.4 Å². The molecular weight excluding hydrogens is 371 g/mol. The van der Waals surface area contributed by atoms with Gasteiger partial charge in [0.05, 0.1) is 25.0 Å². The number of halogens is 3. The van der Waals surface area contributed by atoms with Gasteiger partial charge in [0.25, 0.3) is 0 Å². The summed E-state index contributed by atoms with van der Waals surface area (Å²) in [7, 11) is 0. The molecule has 0 aliphatic carbocycles. The number of anilines is 1. The first-order chi connectivity index (χ1) is 12.7. The molecule has 1 aromatic carbocycles. The lowest BCUT2D eigenvalue weighted by atomic mass is 10.3. The Kier molecular flexibility index (Phi) is 6.41. The van der Waals surface area contributed by atoms with Gasteiger partial charge in [-0.2, -0.15) is 0 Å². The van der Waals surface area contributed by atoms with Crippen molar-refractivity contribution >= 4 is 23.4 Å². The Morgan fingerprint density at radius 3 is 2.41 bits per heavy atom. The summed E-state index contributed by atoms with van der Waals surface area (Å²) in [5.41, 5.74) is -0.350. The molecule has 0 atom stereocenters. The third kappa shape index (κ3) is 6.72. The van der Waals surface area contributed by atoms with E-state index in [0.29, 0.717) is 5.76 Å². The fraction of sp³-hybridized carbons (Fsp3) is 0.188. The topological polar surface area (TPSA) is 110 Å². The Morgan fingerprint density at radius 1 is 1.00 bits per heavy atom. The second kappa shape index (κ2) is 8.74. The number of furan rings is 1. The van der Waals surface area contributed by atoms with Crippen LogP contribution in [0.4, 0.5) is 18.9 Å². The maximum absolute atomic E-state index is 12.3. The third-order valence-corrected chi connectivity index (χ3v) is 3.02. The quantitative estimate of drug-likeness (QED) is 0.654. The van der Waals surface area contributed by atoms with Gasteiger partial charge in [0, 0.05) is 0 Å². The molecule has 0 bridgehead atoms. The molecule has 1 heterocycles. The Bertz CT molecular complexity index is 806. The fourth-order valence-corrected chi connectivity index (χ4v) is 1.86. The van der Waals surface area contributed by atoms with Crippen LogP contribution in [0.2, 0.25) is 0 Å². The van der Waals surface area contributed by atoms with Crippen molar-refractivity contribution < 1.29 is 36.7 Å². The minimum atomic E-state index is -4.96. The number of alkyl halides is 3. The number of carbonyl (C=O) groups excluding carboxylic acids is 3. The van der Waals surface area contributed by atoms with E-state index in [4.69, 9.17) is 4.42 Å². The maximum atomic E-state index is 12.3. The predicted molar refractivity (Wildman–Crippen MR) is 85.3 cm³/mol. The monoisotopic (exact) mass is 385 g/mol. The molecule has 0 radical (unpaired) electrons. The van der Waals surface area contributed by atoms with E-state index in [9.17, 15) is 27.6 Å². The standard InChI is InChI=1S/C16H14F3N3O5/c17-16(18,19)27-12-6-2-1-5-11(12)22-15(25)14(24)21-9-13(23)20-8-10-4-3-7-26-10/h1-7H,8-9H2,(H,20,23)(H,21,24)(H,22,25). The molecule has 0 saturated carbocycles. The van der Waals surface area contributed by atoms with Crippen LogP contribution < -0.4 is 20.7 Å². The SMILES string of the molecule is O=C(CNC(=O)C(=O)Nc1ccccc1OC(F)(F)F)NCc1ccco1. The van der Waals surface area contributed by atoms with E-state index >= 15 is 0 Å². The van der Waals surface area contributed by atoms with E-state index in [1.165, 1.54) is 18.4 Å². The molecule has 27 heavy (non-hydrogen) atoms. The minimum absolute atomic E-state index is 0.0933. The number of hydrogen-bond donors (Lipinski definition) is 3. The van der Waals surface area contributed by atoms with E-state index in [2.05, 4.69) is 10.1 Å². The van der Waals surface area contributed by atoms with Crippen LogP contribution >= 0.6 is 0 Å². The molecule has 0 saturated heterocycles. The summed E-state index contributed by atoms with van der Waals surface area (Å²) in [5.74, 6) is -3.23. The first-order valence-corrected chi connectivity index (χ1v) is 7.47. The average molecular weight is 385 g/mol. The predicted octanol–water partition coefficient (Wildman–Crippen LogP) is 1.55. The van der Waals surface area contributed by atoms with Gasteiger partial charge in [0.1, 0.15) is 5.76 Å². The lowest BCUT2D eigenvalue weighted by molar-refractivity contribution is -0.274. The van der Waals surface area contributed by atoms with Crippen molar-refractivity contribution in [2.24, 2.45) is 0 Å². The van der Waals surface area contributed by atoms with E-state index < -0.39 is 36.4 Å². The van der Waals surface area contributed by atoms with Crippen LogP contribution in [0.5, 0.6) is 5.75 Å². The molecule has 0 aliphatic rings. The summed E-state index contributed by atoms with van der Waals surface area (Å²) in [6, 6.07) is 7.98. The van der Waals surface area contributed by atoms with Gasteiger partial charge in [-0.1, -0.05) is 12.1 Å². The molecule has 2 aromatic rings. The highest BCUT2D eigenvalue weighted by molar-refractivity contribution is 6.40. The summed E-state index contributed by atoms with van der Waals surface area (Å²) in [6.45, 7) is -0.413. The molecular formula is C16H14F3N3O5. The zero-order valence-electron chi connectivity index (χ0n) is 13.6. The van der Waals surface area contributed by atoms with Gasteiger partial charge in [0.2, 0.25) is 5.91 Å². The second-order valence-electron chi connectivity index (χ2n) is 5.04. The van der Waals surface area contributed by atoms with Crippen LogP contribution in [0.3, 0.4) is 0 Å². The number of hydrogen-bond acceptors (Lipinski definition) is 5. The van der Waals surface area contributed by atoms with Crippen LogP contribution in [-0.2, 0) is 20.9 Å². The van der Waals surface area contributed by atoms with Gasteiger partial charge < -0.3 is 25.1 Å². The van der Waals surface area contributed by atoms with E-state index in [-0.39, 0.29) is 12.2 Å². The van der Waals surface area contributed by atoms with E-state index in [1.807, 2.05) is 10.6 Å². The molecule has 0 fully saturated rings. The molecule has 3 N–H and O–H groups in total. The Labute approximate surface area is 150 Å². The van der Waals surface area contributed by atoms with Gasteiger partial charge in [-0.25, -0.2) is 0 Å². The minimum Gasteiger partial charge on any atom is -0.467 e. The number of benzene rings is 1. The van der Waals surface area contributed by atoms with Crippen LogP contribution in [0.25, 0.3) is 0 Å². The zero-order chi connectivity index (χ0) is 19.9. The summed E-state index contributed by atoms with van der Waals surface area (Å²) in [6.07, 6.45) is -3.54. The fourth-order valence-electron chi connectivity index (χ4n) is 1.86. The van der Waals surface area contributed by atoms with Crippen molar-refractivity contribution in [1.82, 2.24) is 10.6 Å². The van der Waals surface area contributed by atoms with E-state index in [0.717, 1.165) is 12.1 Å². The Morgan fingerprint density at radius 2 is 1.74 bits per heavy atom. The Balaban J connectivity index is 1.83. The van der Waals surface area contributed by atoms with Crippen molar-refractivity contribution in [3.05, 3.63) is 48.4 Å². The van der Waals surface area contributed by atoms with Gasteiger partial charge in [-0.05, 0) is 24.3 Å². The molecule has 0 spiro atoms. The van der Waals surface area contributed by atoms with Crippen molar-refractivity contribution in [3.63, 3.8) is 0 Å². The van der Waals surface area contributed by atoms with Gasteiger partial charge in [0.15, 0.2) is 5.75 Å². The molecule has 0 unspecified atom stereocenters. The highest BCUT2D eigenvalue weighted by Crippen LogP contribution is 2.29. The molecule has 1 aromatic heterocycles. The van der Waals surface area contributed by atoms with Crippen LogP contribution in [0, 0.1) is 0 Å². The molecule has 0 aliphatic heterocycles. The smallest absolute Gasteiger partial charge is 0.467 e. The lowest BCUT2D eigenvalue weighted by Gasteiger charge is -2.13. The third-order valence-electron chi connectivity index (χ3n) is 3.02. The highest BCUT2D eigenvalue weighted by Gasteiger charge is 2.32. The van der Waals surface area contributed by atoms with Crippen molar-refractivity contribution in [2.75, 3.05) is 11.9 Å². The number of amides is 3. The van der Waals surface area contributed by atoms with Crippen LogP contribution in [-0.4, -0.2) is 30.6 Å². The zero-order valence-corrected chi connectivity index (χ0v) is 13.6. The van der Waals surface area contributed by atoms with Crippen LogP contribution in [0.15, 0.2) is 47.1 Å². The summed E-state index contributed by atoms with van der Waals surface area (Å²) in [4.78, 5) is 35.1. The van der Waals surface area contributed by atoms with Gasteiger partial charge in [-0.15, -0.1) is 13.2 Å². The highest BCUT2D eigenvalue weighted by atomic mass is 19.4. The number of carbonyl (C=O) groups is 3. The first kappa shape index (κ1) is 19.8. The molecule has 3 amide bonds. The van der Waals surface area contributed by atoms with Crippen molar-refractivity contribution in [2.45, 2.75) is 12.9 Å². The maximum Gasteiger partial charge on any atom is 0.573 e. The number of nitrogens with one attached hydrogen (secondary N) is 3. The Hall–Kier alpha value is -3.50. The van der Waals surface area contributed by atoms with E-state index in [1.54, 1.807) is 12.1 Å². The second-order valence-corrected chi connectivity index (χ2v) is 5.04. The number of para-hydroxylation sites is 2. The normalized spacial score (nSPS) is 10.8. The summed E-state index contributed by atoms with van der Waals surface area (Å²) >= 11 is 0. The lowest BCUT2D eigenvalue weighted by Crippen LogP contribution is -2.41. The molecule has 2 rings (SSSR count). The largest absolute Gasteiger partial charge is 0.573 e. The van der Waals surface area contributed by atoms with Crippen molar-refractivity contribution in [3.8, 4) is 5.75 Å². The average Bonchev–Trinajstić information content (AvgIpc) is 3.11. The first-order valence-electron chi connectivity index (χ1n) is 7.47. The number of ether oxygens (including phenoxy) is 1. The van der Waals surface area contributed by atoms with Crippen molar-refractivity contribution in [1.29, 1.82) is 0 Å². The van der Waals surface area contributed by atoms with Crippen LogP contribution in [0.1, 0.15) is 5.76 Å². The van der Waals surface area contributed by atoms with Gasteiger partial charge >= 0.3 is 18.2 Å². The molecule has 8 nitrogen and oxygen atoms in total. The molecule has 144 valence electrons. The summed E-state index contributed by atoms with van der Waals surface area (Å²) < 4.78 is 45.8. The summed E-state index contributed by atoms with van der Waals surface area (Å²) in [5, 5.41) is 6.47.